The Balaban J connectivity index is 1.73. The molecule has 0 aliphatic carbocycles. The fourth-order valence-corrected chi connectivity index (χ4v) is 2.78. The van der Waals surface area contributed by atoms with Crippen LogP contribution in [-0.2, 0) is 4.74 Å². The van der Waals surface area contributed by atoms with Crippen LogP contribution >= 0.6 is 23.2 Å². The molecule has 0 unspecified atom stereocenters. The van der Waals surface area contributed by atoms with Crippen LogP contribution < -0.4 is 10.1 Å². The molecule has 0 saturated carbocycles. The minimum absolute atomic E-state index is 0.179. The number of carbonyl (C=O) groups excluding carboxylic acids is 1. The van der Waals surface area contributed by atoms with Crippen LogP contribution in [0.25, 0.3) is 0 Å². The number of nitrogens with one attached hydrogen (secondary N) is 1. The number of nitrogens with zero attached hydrogens (tertiary/aromatic N) is 3. The largest absolute Gasteiger partial charge is 0.489 e. The van der Waals surface area contributed by atoms with E-state index in [0.29, 0.717) is 25.4 Å². The zero-order valence-corrected chi connectivity index (χ0v) is 16.2. The van der Waals surface area contributed by atoms with Gasteiger partial charge in [0.1, 0.15) is 12.2 Å². The zero-order chi connectivity index (χ0) is 18.4. The van der Waals surface area contributed by atoms with Crippen LogP contribution in [0.5, 0.6) is 5.75 Å². The fourth-order valence-electron chi connectivity index (χ4n) is 2.50. The first kappa shape index (κ1) is 20.0. The van der Waals surface area contributed by atoms with E-state index in [1.54, 1.807) is 4.90 Å². The Labute approximate surface area is 158 Å². The van der Waals surface area contributed by atoms with Gasteiger partial charge in [0.2, 0.25) is 0 Å². The maximum Gasteiger partial charge on any atom is 0.410 e. The first-order valence-electron chi connectivity index (χ1n) is 8.27. The van der Waals surface area contributed by atoms with Gasteiger partial charge in [-0.3, -0.25) is 0 Å². The second kappa shape index (κ2) is 8.87. The highest BCUT2D eigenvalue weighted by Crippen LogP contribution is 2.23. The molecule has 1 aromatic rings. The topological polar surface area (TPSA) is 76.6 Å². The molecule has 0 bridgehead atoms. The number of rotatable bonds is 5. The van der Waals surface area contributed by atoms with Gasteiger partial charge in [-0.25, -0.2) is 4.79 Å². The van der Waals surface area contributed by atoms with Gasteiger partial charge >= 0.3 is 6.09 Å². The molecule has 140 valence electrons. The Kier molecular flexibility index (Phi) is 7.10. The molecule has 0 aromatic carbocycles. The Morgan fingerprint density at radius 3 is 2.88 bits per heavy atom. The normalized spacial score (nSPS) is 18.1. The minimum Gasteiger partial charge on any atom is -0.489 e. The summed E-state index contributed by atoms with van der Waals surface area (Å²) in [5.41, 5.74) is -0.482. The molecule has 1 fully saturated rings. The monoisotopic (exact) mass is 390 g/mol. The Hall–Kier alpha value is -1.31. The number of piperidine rings is 1. The van der Waals surface area contributed by atoms with E-state index in [1.165, 1.54) is 6.07 Å². The van der Waals surface area contributed by atoms with Gasteiger partial charge in [-0.15, -0.1) is 10.2 Å². The van der Waals surface area contributed by atoms with Crippen molar-refractivity contribution in [3.63, 3.8) is 0 Å². The van der Waals surface area contributed by atoms with E-state index >= 15 is 0 Å². The predicted octanol–water partition coefficient (Wildman–Crippen LogP) is 3.15. The Bertz CT molecular complexity index is 595. The summed E-state index contributed by atoms with van der Waals surface area (Å²) in [6, 6.07) is 1.74. The van der Waals surface area contributed by atoms with E-state index < -0.39 is 5.60 Å². The smallest absolute Gasteiger partial charge is 0.410 e. The van der Waals surface area contributed by atoms with Crippen LogP contribution in [0.15, 0.2) is 6.07 Å². The van der Waals surface area contributed by atoms with Gasteiger partial charge in [0.15, 0.2) is 16.1 Å². The summed E-state index contributed by atoms with van der Waals surface area (Å²) in [5, 5.41) is 11.1. The average molecular weight is 391 g/mol. The van der Waals surface area contributed by atoms with Crippen LogP contribution in [0.4, 0.5) is 4.79 Å². The van der Waals surface area contributed by atoms with Crippen molar-refractivity contribution in [2.45, 2.75) is 45.3 Å². The summed E-state index contributed by atoms with van der Waals surface area (Å²) >= 11 is 11.7. The summed E-state index contributed by atoms with van der Waals surface area (Å²) in [6.07, 6.45) is 1.68. The summed E-state index contributed by atoms with van der Waals surface area (Å²) in [4.78, 5) is 13.9. The molecule has 9 heteroatoms. The van der Waals surface area contributed by atoms with Crippen molar-refractivity contribution >= 4 is 29.3 Å². The van der Waals surface area contributed by atoms with Crippen molar-refractivity contribution < 1.29 is 14.3 Å². The van der Waals surface area contributed by atoms with Gasteiger partial charge in [0.25, 0.3) is 0 Å². The third-order valence-electron chi connectivity index (χ3n) is 3.55. The molecule has 0 spiro atoms. The highest BCUT2D eigenvalue weighted by molar-refractivity contribution is 6.32. The lowest BCUT2D eigenvalue weighted by atomic mass is 10.1. The second-order valence-corrected chi connectivity index (χ2v) is 7.64. The second-order valence-electron chi connectivity index (χ2n) is 6.89. The number of halogens is 2. The molecule has 1 atom stereocenters. The van der Waals surface area contributed by atoms with Gasteiger partial charge in [0, 0.05) is 31.7 Å². The standard InChI is InChI=1S/C16H24Cl2N4O3/c1-16(2,3)25-15(23)22-7-4-5-11(10-22)19-6-8-24-12-9-13(17)20-21-14(12)18/h9,11,19H,4-8,10H2,1-3H3/t11-/m0/s1. The van der Waals surface area contributed by atoms with Gasteiger partial charge in [0.05, 0.1) is 0 Å². The third kappa shape index (κ3) is 6.84. The van der Waals surface area contributed by atoms with E-state index in [0.717, 1.165) is 19.4 Å². The number of hydrogen-bond donors (Lipinski definition) is 1. The molecule has 1 aliphatic heterocycles. The average Bonchev–Trinajstić information content (AvgIpc) is 2.53. The maximum atomic E-state index is 12.2. The summed E-state index contributed by atoms with van der Waals surface area (Å²) in [7, 11) is 0. The van der Waals surface area contributed by atoms with Crippen LogP contribution in [-0.4, -0.2) is 59.1 Å². The minimum atomic E-state index is -0.482. The highest BCUT2D eigenvalue weighted by atomic mass is 35.5. The number of likely N-dealkylation sites (tertiary alicyclic amines) is 1. The lowest BCUT2D eigenvalue weighted by molar-refractivity contribution is 0.0187. The lowest BCUT2D eigenvalue weighted by Gasteiger charge is -2.34. The summed E-state index contributed by atoms with van der Waals surface area (Å²) < 4.78 is 11.0. The van der Waals surface area contributed by atoms with Crippen molar-refractivity contribution in [1.82, 2.24) is 20.4 Å². The molecule has 2 rings (SSSR count). The van der Waals surface area contributed by atoms with Gasteiger partial charge in [-0.2, -0.15) is 0 Å². The lowest BCUT2D eigenvalue weighted by Crippen LogP contribution is -2.50. The highest BCUT2D eigenvalue weighted by Gasteiger charge is 2.27. The predicted molar refractivity (Wildman–Crippen MR) is 96.4 cm³/mol. The van der Waals surface area contributed by atoms with Crippen LogP contribution in [0, 0.1) is 0 Å². The summed E-state index contributed by atoms with van der Waals surface area (Å²) in [6.45, 7) is 7.97. The SMILES string of the molecule is CC(C)(C)OC(=O)N1CCC[C@H](NCCOc2cc(Cl)nnc2Cl)C1. The molecular weight excluding hydrogens is 367 g/mol. The van der Waals surface area contributed by atoms with Crippen molar-refractivity contribution in [3.8, 4) is 5.75 Å². The van der Waals surface area contributed by atoms with Crippen molar-refractivity contribution in [2.75, 3.05) is 26.2 Å². The van der Waals surface area contributed by atoms with Gasteiger partial charge < -0.3 is 19.7 Å². The van der Waals surface area contributed by atoms with Crippen LogP contribution in [0.2, 0.25) is 10.3 Å². The van der Waals surface area contributed by atoms with Crippen molar-refractivity contribution in [3.05, 3.63) is 16.4 Å². The molecule has 1 aliphatic rings. The van der Waals surface area contributed by atoms with Gasteiger partial charge in [-0.05, 0) is 33.6 Å². The van der Waals surface area contributed by atoms with E-state index in [-0.39, 0.29) is 22.4 Å². The zero-order valence-electron chi connectivity index (χ0n) is 14.7. The number of amides is 1. The molecule has 0 radical (unpaired) electrons. The number of aromatic nitrogens is 2. The first-order chi connectivity index (χ1) is 11.7. The van der Waals surface area contributed by atoms with E-state index in [9.17, 15) is 4.79 Å². The number of hydrogen-bond acceptors (Lipinski definition) is 6. The van der Waals surface area contributed by atoms with Crippen LogP contribution in [0.3, 0.4) is 0 Å². The van der Waals surface area contributed by atoms with Crippen LogP contribution in [0.1, 0.15) is 33.6 Å². The van der Waals surface area contributed by atoms with Crippen molar-refractivity contribution in [2.24, 2.45) is 0 Å². The summed E-state index contributed by atoms with van der Waals surface area (Å²) in [5.74, 6) is 0.405. The fraction of sp³-hybridized carbons (Fsp3) is 0.688. The third-order valence-corrected chi connectivity index (χ3v) is 4.00. The van der Waals surface area contributed by atoms with E-state index in [4.69, 9.17) is 32.7 Å². The first-order valence-corrected chi connectivity index (χ1v) is 9.03. The molecule has 7 nitrogen and oxygen atoms in total. The number of carbonyl (C=O) groups is 1. The molecular formula is C16H24Cl2N4O3. The Morgan fingerprint density at radius 1 is 1.40 bits per heavy atom. The Morgan fingerprint density at radius 2 is 2.16 bits per heavy atom. The molecule has 25 heavy (non-hydrogen) atoms. The molecule has 1 saturated heterocycles. The molecule has 2 heterocycles. The molecule has 1 amide bonds. The van der Waals surface area contributed by atoms with Gasteiger partial charge in [-0.1, -0.05) is 23.2 Å². The van der Waals surface area contributed by atoms with E-state index in [1.807, 2.05) is 20.8 Å². The van der Waals surface area contributed by atoms with E-state index in [2.05, 4.69) is 15.5 Å². The molecule has 1 aromatic heterocycles. The maximum absolute atomic E-state index is 12.2. The number of ether oxygens (including phenoxy) is 2. The molecule has 1 N–H and O–H groups in total. The van der Waals surface area contributed by atoms with Crippen molar-refractivity contribution in [1.29, 1.82) is 0 Å². The quantitative estimate of drug-likeness (QED) is 0.778.